The van der Waals surface area contributed by atoms with Crippen LogP contribution in [0.2, 0.25) is 0 Å². The second-order valence-electron chi connectivity index (χ2n) is 3.69. The van der Waals surface area contributed by atoms with Crippen molar-refractivity contribution in [2.75, 3.05) is 19.0 Å². The topological polar surface area (TPSA) is 79.9 Å². The molecule has 0 fully saturated rings. The number of anilines is 1. The maximum Gasteiger partial charge on any atom is 0.304 e. The Balaban J connectivity index is 1.83. The van der Waals surface area contributed by atoms with E-state index in [0.717, 1.165) is 17.2 Å². The molecule has 2 N–H and O–H groups in total. The lowest BCUT2D eigenvalue weighted by atomic mass is 10.3. The number of ether oxygens (including phenoxy) is 1. The highest BCUT2D eigenvalue weighted by Crippen LogP contribution is 2.18. The van der Waals surface area contributed by atoms with E-state index in [0.29, 0.717) is 12.4 Å². The van der Waals surface area contributed by atoms with Crippen LogP contribution in [0, 0.1) is 0 Å². The van der Waals surface area contributed by atoms with Gasteiger partial charge in [-0.25, -0.2) is 4.98 Å². The minimum absolute atomic E-state index is 0.0166. The predicted molar refractivity (Wildman–Crippen MR) is 72.5 cm³/mol. The van der Waals surface area contributed by atoms with E-state index in [1.165, 1.54) is 22.9 Å². The molecule has 0 aliphatic carbocycles. The fourth-order valence-electron chi connectivity index (χ4n) is 1.32. The Bertz CT molecular complexity index is 548. The molecule has 1 unspecified atom stereocenters. The maximum atomic E-state index is 10.9. The number of hydrogen-bond acceptors (Lipinski definition) is 7. The van der Waals surface area contributed by atoms with Gasteiger partial charge in [0.05, 0.1) is 0 Å². The molecule has 0 bridgehead atoms. The average molecular weight is 286 g/mol. The van der Waals surface area contributed by atoms with E-state index in [-0.39, 0.29) is 11.0 Å². The molecule has 2 rings (SSSR count). The Hall–Kier alpha value is -1.25. The van der Waals surface area contributed by atoms with Gasteiger partial charge < -0.3 is 15.0 Å². The highest BCUT2D eigenvalue weighted by Gasteiger charge is 2.10. The number of thiazole rings is 1. The maximum absolute atomic E-state index is 10.9. The van der Waals surface area contributed by atoms with Crippen molar-refractivity contribution in [3.05, 3.63) is 26.6 Å². The highest BCUT2D eigenvalue weighted by molar-refractivity contribution is 7.09. The van der Waals surface area contributed by atoms with Crippen LogP contribution in [-0.4, -0.2) is 28.0 Å². The van der Waals surface area contributed by atoms with Crippen LogP contribution in [0.15, 0.2) is 10.2 Å². The van der Waals surface area contributed by atoms with E-state index in [2.05, 4.69) is 19.7 Å². The van der Waals surface area contributed by atoms with Crippen molar-refractivity contribution in [1.29, 1.82) is 0 Å². The summed E-state index contributed by atoms with van der Waals surface area (Å²) in [6, 6.07) is 0. The third-order valence-corrected chi connectivity index (χ3v) is 3.81. The van der Waals surface area contributed by atoms with E-state index in [9.17, 15) is 4.79 Å². The molecule has 0 aromatic carbocycles. The van der Waals surface area contributed by atoms with Gasteiger partial charge in [-0.1, -0.05) is 11.3 Å². The highest BCUT2D eigenvalue weighted by atomic mass is 32.1. The molecule has 0 aliphatic heterocycles. The van der Waals surface area contributed by atoms with Crippen molar-refractivity contribution < 1.29 is 4.74 Å². The van der Waals surface area contributed by atoms with Gasteiger partial charge in [0.15, 0.2) is 5.82 Å². The zero-order valence-electron chi connectivity index (χ0n) is 10.1. The van der Waals surface area contributed by atoms with Crippen LogP contribution >= 0.6 is 22.9 Å². The SMILES string of the molecule is COC(C)c1nsc(NCCc2csc(=O)[nH]2)n1. The van der Waals surface area contributed by atoms with Crippen LogP contribution in [0.3, 0.4) is 0 Å². The lowest BCUT2D eigenvalue weighted by molar-refractivity contribution is 0.113. The standard InChI is InChI=1S/C10H14N4O2S2/c1-6(16-2)8-13-9(18-14-8)11-4-3-7-5-17-10(15)12-7/h5-6H,3-4H2,1-2H3,(H,12,15)(H,11,13,14). The fourth-order valence-corrected chi connectivity index (χ4v) is 2.60. The van der Waals surface area contributed by atoms with Gasteiger partial charge in [0.25, 0.3) is 0 Å². The van der Waals surface area contributed by atoms with Gasteiger partial charge in [-0.2, -0.15) is 4.37 Å². The normalized spacial score (nSPS) is 12.6. The van der Waals surface area contributed by atoms with Gasteiger partial charge in [-0.15, -0.1) is 0 Å². The van der Waals surface area contributed by atoms with E-state index in [1.54, 1.807) is 7.11 Å². The minimum Gasteiger partial charge on any atom is -0.374 e. The number of hydrogen-bond donors (Lipinski definition) is 2. The second-order valence-corrected chi connectivity index (χ2v) is 5.28. The molecule has 98 valence electrons. The smallest absolute Gasteiger partial charge is 0.304 e. The molecule has 18 heavy (non-hydrogen) atoms. The molecule has 8 heteroatoms. The summed E-state index contributed by atoms with van der Waals surface area (Å²) in [4.78, 5) is 18.0. The van der Waals surface area contributed by atoms with Gasteiger partial charge in [0.2, 0.25) is 5.13 Å². The van der Waals surface area contributed by atoms with Crippen LogP contribution in [0.25, 0.3) is 0 Å². The Morgan fingerprint density at radius 1 is 1.61 bits per heavy atom. The third-order valence-electron chi connectivity index (χ3n) is 2.40. The first-order valence-corrected chi connectivity index (χ1v) is 7.11. The Morgan fingerprint density at radius 3 is 3.11 bits per heavy atom. The molecule has 2 aromatic rings. The van der Waals surface area contributed by atoms with Gasteiger partial charge >= 0.3 is 4.87 Å². The van der Waals surface area contributed by atoms with Crippen molar-refractivity contribution in [3.63, 3.8) is 0 Å². The van der Waals surface area contributed by atoms with E-state index >= 15 is 0 Å². The summed E-state index contributed by atoms with van der Waals surface area (Å²) >= 11 is 2.49. The van der Waals surface area contributed by atoms with Gasteiger partial charge in [0.1, 0.15) is 6.10 Å². The summed E-state index contributed by atoms with van der Waals surface area (Å²) in [5, 5.41) is 5.78. The molecule has 2 heterocycles. The number of aromatic amines is 1. The monoisotopic (exact) mass is 286 g/mol. The quantitative estimate of drug-likeness (QED) is 0.844. The molecule has 0 amide bonds. The number of methoxy groups -OCH3 is 1. The second kappa shape index (κ2) is 6.07. The summed E-state index contributed by atoms with van der Waals surface area (Å²) in [7, 11) is 1.63. The van der Waals surface area contributed by atoms with Gasteiger partial charge in [0, 0.05) is 42.7 Å². The van der Waals surface area contributed by atoms with Crippen LogP contribution < -0.4 is 10.2 Å². The summed E-state index contributed by atoms with van der Waals surface area (Å²) in [5.41, 5.74) is 0.937. The number of H-pyrrole nitrogens is 1. The predicted octanol–water partition coefficient (Wildman–Crippen LogP) is 1.65. The molecule has 6 nitrogen and oxygen atoms in total. The fraction of sp³-hybridized carbons (Fsp3) is 0.500. The molecular formula is C10H14N4O2S2. The first-order chi connectivity index (χ1) is 8.69. The summed E-state index contributed by atoms with van der Waals surface area (Å²) < 4.78 is 9.35. The van der Waals surface area contributed by atoms with Crippen molar-refractivity contribution in [3.8, 4) is 0 Å². The van der Waals surface area contributed by atoms with Crippen LogP contribution in [-0.2, 0) is 11.2 Å². The van der Waals surface area contributed by atoms with Gasteiger partial charge in [-0.05, 0) is 6.92 Å². The Morgan fingerprint density at radius 2 is 2.44 bits per heavy atom. The molecule has 0 saturated heterocycles. The van der Waals surface area contributed by atoms with E-state index < -0.39 is 0 Å². The Kier molecular flexibility index (Phi) is 4.45. The third kappa shape index (κ3) is 3.37. The van der Waals surface area contributed by atoms with Gasteiger partial charge in [-0.3, -0.25) is 4.79 Å². The van der Waals surface area contributed by atoms with E-state index in [1.807, 2.05) is 12.3 Å². The molecule has 0 aliphatic rings. The van der Waals surface area contributed by atoms with Crippen molar-refractivity contribution in [1.82, 2.24) is 14.3 Å². The number of nitrogens with zero attached hydrogens (tertiary/aromatic N) is 2. The lowest BCUT2D eigenvalue weighted by Crippen LogP contribution is -2.06. The van der Waals surface area contributed by atoms with Crippen LogP contribution in [0.4, 0.5) is 5.13 Å². The van der Waals surface area contributed by atoms with E-state index in [4.69, 9.17) is 4.74 Å². The lowest BCUT2D eigenvalue weighted by Gasteiger charge is -2.03. The van der Waals surface area contributed by atoms with Crippen molar-refractivity contribution in [2.45, 2.75) is 19.4 Å². The summed E-state index contributed by atoms with van der Waals surface area (Å²) in [6.07, 6.45) is 0.665. The minimum atomic E-state index is -0.0926. The molecule has 0 radical (unpaired) electrons. The van der Waals surface area contributed by atoms with Crippen molar-refractivity contribution >= 4 is 28.0 Å². The molecule has 0 saturated carbocycles. The Labute approximate surface area is 112 Å². The largest absolute Gasteiger partial charge is 0.374 e. The molecule has 1 atom stereocenters. The number of rotatable bonds is 6. The summed E-state index contributed by atoms with van der Waals surface area (Å²) in [5.74, 6) is 0.689. The zero-order valence-corrected chi connectivity index (χ0v) is 11.7. The number of nitrogens with one attached hydrogen (secondary N) is 2. The van der Waals surface area contributed by atoms with Crippen LogP contribution in [0.1, 0.15) is 24.5 Å². The summed E-state index contributed by atoms with van der Waals surface area (Å²) in [6.45, 7) is 2.62. The average Bonchev–Trinajstić information content (AvgIpc) is 2.98. The molecule has 2 aromatic heterocycles. The number of aromatic nitrogens is 3. The first-order valence-electron chi connectivity index (χ1n) is 5.46. The molecular weight excluding hydrogens is 272 g/mol. The first kappa shape index (κ1) is 13.2. The molecule has 0 spiro atoms. The van der Waals surface area contributed by atoms with Crippen molar-refractivity contribution in [2.24, 2.45) is 0 Å². The zero-order chi connectivity index (χ0) is 13.0. The van der Waals surface area contributed by atoms with Crippen LogP contribution in [0.5, 0.6) is 0 Å².